The Hall–Kier alpha value is -3.03. The lowest BCUT2D eigenvalue weighted by atomic mass is 10.2. The average molecular weight is 459 g/mol. The summed E-state index contributed by atoms with van der Waals surface area (Å²) in [6.45, 7) is 3.35. The molecule has 3 aromatic rings. The van der Waals surface area contributed by atoms with Crippen molar-refractivity contribution in [2.75, 3.05) is 23.3 Å². The molecule has 31 heavy (non-hydrogen) atoms. The predicted molar refractivity (Wildman–Crippen MR) is 124 cm³/mol. The molecule has 1 N–H and O–H groups in total. The smallest absolute Gasteiger partial charge is 0.264 e. The number of nitrogens with one attached hydrogen (secondary N) is 1. The molecule has 1 amide bonds. The van der Waals surface area contributed by atoms with Crippen molar-refractivity contribution < 1.29 is 17.9 Å². The van der Waals surface area contributed by atoms with Crippen molar-refractivity contribution in [3.05, 3.63) is 82.9 Å². The van der Waals surface area contributed by atoms with Crippen LogP contribution in [0.25, 0.3) is 0 Å². The van der Waals surface area contributed by atoms with Gasteiger partial charge < -0.3 is 10.1 Å². The predicted octanol–water partition coefficient (Wildman–Crippen LogP) is 4.80. The highest BCUT2D eigenvalue weighted by molar-refractivity contribution is 7.92. The van der Waals surface area contributed by atoms with Gasteiger partial charge >= 0.3 is 0 Å². The molecule has 0 atom stereocenters. The second kappa shape index (κ2) is 9.41. The van der Waals surface area contributed by atoms with Crippen molar-refractivity contribution >= 4 is 38.9 Å². The van der Waals surface area contributed by atoms with Gasteiger partial charge in [0.25, 0.3) is 10.0 Å². The molecule has 6 nitrogen and oxygen atoms in total. The first-order chi connectivity index (χ1) is 14.7. The van der Waals surface area contributed by atoms with Crippen LogP contribution in [0.2, 0.25) is 5.02 Å². The van der Waals surface area contributed by atoms with Gasteiger partial charge in [0.15, 0.2) is 0 Å². The number of halogens is 1. The summed E-state index contributed by atoms with van der Waals surface area (Å²) in [6.07, 6.45) is 0. The Morgan fingerprint density at radius 3 is 2.32 bits per heavy atom. The Bertz CT molecular complexity index is 1190. The number of sulfonamides is 1. The van der Waals surface area contributed by atoms with Crippen LogP contribution in [0, 0.1) is 13.8 Å². The maximum Gasteiger partial charge on any atom is 0.264 e. The van der Waals surface area contributed by atoms with Gasteiger partial charge in [-0.3, -0.25) is 9.10 Å². The van der Waals surface area contributed by atoms with E-state index in [0.29, 0.717) is 11.4 Å². The van der Waals surface area contributed by atoms with E-state index in [-0.39, 0.29) is 15.6 Å². The van der Waals surface area contributed by atoms with E-state index in [9.17, 15) is 13.2 Å². The number of benzene rings is 3. The number of hydrogen-bond acceptors (Lipinski definition) is 4. The number of carbonyl (C=O) groups is 1. The van der Waals surface area contributed by atoms with Gasteiger partial charge in [0, 0.05) is 5.69 Å². The zero-order valence-corrected chi connectivity index (χ0v) is 19.0. The number of nitrogens with zero attached hydrogens (tertiary/aromatic N) is 1. The standard InChI is InChI=1S/C23H23ClN2O4S/c1-16-7-10-20(11-8-16)31(28,29)26(19-9-12-22(30-3)21(24)14-19)15-23(27)25-18-6-4-5-17(2)13-18/h4-14H,15H2,1-3H3,(H,25,27). The van der Waals surface area contributed by atoms with Crippen LogP contribution < -0.4 is 14.4 Å². The van der Waals surface area contributed by atoms with E-state index in [1.54, 1.807) is 36.4 Å². The largest absolute Gasteiger partial charge is 0.495 e. The third-order valence-electron chi connectivity index (χ3n) is 4.62. The summed E-state index contributed by atoms with van der Waals surface area (Å²) in [7, 11) is -2.56. The molecule has 8 heteroatoms. The average Bonchev–Trinajstić information content (AvgIpc) is 2.72. The molecule has 0 saturated carbocycles. The molecule has 0 heterocycles. The maximum absolute atomic E-state index is 13.4. The van der Waals surface area contributed by atoms with Gasteiger partial charge in [-0.1, -0.05) is 41.4 Å². The van der Waals surface area contributed by atoms with E-state index in [1.807, 2.05) is 26.0 Å². The number of carbonyl (C=O) groups excluding carboxylic acids is 1. The number of amides is 1. The van der Waals surface area contributed by atoms with Crippen LogP contribution in [0.15, 0.2) is 71.6 Å². The highest BCUT2D eigenvalue weighted by atomic mass is 35.5. The molecule has 0 aromatic heterocycles. The van der Waals surface area contributed by atoms with Crippen molar-refractivity contribution in [1.29, 1.82) is 0 Å². The van der Waals surface area contributed by atoms with E-state index in [0.717, 1.165) is 15.4 Å². The molecule has 0 aliphatic carbocycles. The minimum atomic E-state index is -4.03. The summed E-state index contributed by atoms with van der Waals surface area (Å²) < 4.78 is 33.0. The molecule has 0 bridgehead atoms. The molecule has 162 valence electrons. The Morgan fingerprint density at radius 1 is 1.00 bits per heavy atom. The van der Waals surface area contributed by atoms with E-state index in [2.05, 4.69) is 5.32 Å². The van der Waals surface area contributed by atoms with Crippen LogP contribution >= 0.6 is 11.6 Å². The van der Waals surface area contributed by atoms with Crippen LogP contribution in [0.4, 0.5) is 11.4 Å². The molecule has 3 rings (SSSR count). The van der Waals surface area contributed by atoms with Gasteiger partial charge in [-0.05, 0) is 61.9 Å². The number of methoxy groups -OCH3 is 1. The first-order valence-electron chi connectivity index (χ1n) is 9.50. The van der Waals surface area contributed by atoms with Crippen LogP contribution in [0.3, 0.4) is 0 Å². The van der Waals surface area contributed by atoms with E-state index < -0.39 is 22.5 Å². The third kappa shape index (κ3) is 5.37. The molecular formula is C23H23ClN2O4S. The number of hydrogen-bond donors (Lipinski definition) is 1. The SMILES string of the molecule is COc1ccc(N(CC(=O)Nc2cccc(C)c2)S(=O)(=O)c2ccc(C)cc2)cc1Cl. The summed E-state index contributed by atoms with van der Waals surface area (Å²) in [5, 5.41) is 2.99. The lowest BCUT2D eigenvalue weighted by Crippen LogP contribution is -2.38. The second-order valence-electron chi connectivity index (χ2n) is 7.06. The highest BCUT2D eigenvalue weighted by Gasteiger charge is 2.28. The number of anilines is 2. The van der Waals surface area contributed by atoms with Gasteiger partial charge in [0.05, 0.1) is 22.7 Å². The van der Waals surface area contributed by atoms with E-state index >= 15 is 0 Å². The molecular weight excluding hydrogens is 436 g/mol. The topological polar surface area (TPSA) is 75.7 Å². The molecule has 0 aliphatic heterocycles. The van der Waals surface area contributed by atoms with E-state index in [4.69, 9.17) is 16.3 Å². The number of aryl methyl sites for hydroxylation is 2. The Morgan fingerprint density at radius 2 is 1.71 bits per heavy atom. The molecule has 0 radical (unpaired) electrons. The molecule has 0 fully saturated rings. The second-order valence-corrected chi connectivity index (χ2v) is 9.33. The Kier molecular flexibility index (Phi) is 6.87. The summed E-state index contributed by atoms with van der Waals surface area (Å²) >= 11 is 6.23. The van der Waals surface area contributed by atoms with Gasteiger partial charge in [0.1, 0.15) is 12.3 Å². The first kappa shape index (κ1) is 22.7. The van der Waals surface area contributed by atoms with Gasteiger partial charge in [0.2, 0.25) is 5.91 Å². The number of rotatable bonds is 7. The summed E-state index contributed by atoms with van der Waals surface area (Å²) in [4.78, 5) is 12.8. The zero-order chi connectivity index (χ0) is 22.6. The first-order valence-corrected chi connectivity index (χ1v) is 11.3. The number of ether oxygens (including phenoxy) is 1. The maximum atomic E-state index is 13.4. The van der Waals surface area contributed by atoms with E-state index in [1.165, 1.54) is 25.3 Å². The normalized spacial score (nSPS) is 11.1. The van der Waals surface area contributed by atoms with Crippen molar-refractivity contribution in [2.24, 2.45) is 0 Å². The van der Waals surface area contributed by atoms with Crippen LogP contribution in [-0.2, 0) is 14.8 Å². The van der Waals surface area contributed by atoms with Crippen molar-refractivity contribution in [2.45, 2.75) is 18.7 Å². The third-order valence-corrected chi connectivity index (χ3v) is 6.70. The lowest BCUT2D eigenvalue weighted by Gasteiger charge is -2.24. The van der Waals surface area contributed by atoms with Gasteiger partial charge in [-0.15, -0.1) is 0 Å². The fourth-order valence-corrected chi connectivity index (χ4v) is 4.68. The quantitative estimate of drug-likeness (QED) is 0.551. The Labute approximate surface area is 187 Å². The zero-order valence-electron chi connectivity index (χ0n) is 17.4. The molecule has 0 unspecified atom stereocenters. The monoisotopic (exact) mass is 458 g/mol. The summed E-state index contributed by atoms with van der Waals surface area (Å²) in [5.41, 5.74) is 2.75. The van der Waals surface area contributed by atoms with Crippen molar-refractivity contribution in [1.82, 2.24) is 0 Å². The molecule has 0 saturated heterocycles. The Balaban J connectivity index is 1.98. The van der Waals surface area contributed by atoms with Crippen LogP contribution in [0.5, 0.6) is 5.75 Å². The minimum Gasteiger partial charge on any atom is -0.495 e. The van der Waals surface area contributed by atoms with Gasteiger partial charge in [-0.25, -0.2) is 8.42 Å². The fraction of sp³-hybridized carbons (Fsp3) is 0.174. The highest BCUT2D eigenvalue weighted by Crippen LogP contribution is 2.32. The summed E-state index contributed by atoms with van der Waals surface area (Å²) in [6, 6.07) is 18.3. The van der Waals surface area contributed by atoms with Crippen molar-refractivity contribution in [3.8, 4) is 5.75 Å². The molecule has 3 aromatic carbocycles. The van der Waals surface area contributed by atoms with Crippen LogP contribution in [-0.4, -0.2) is 28.0 Å². The summed E-state index contributed by atoms with van der Waals surface area (Å²) in [5.74, 6) is -0.0736. The van der Waals surface area contributed by atoms with Gasteiger partial charge in [-0.2, -0.15) is 0 Å². The lowest BCUT2D eigenvalue weighted by molar-refractivity contribution is -0.114. The van der Waals surface area contributed by atoms with Crippen molar-refractivity contribution in [3.63, 3.8) is 0 Å². The molecule has 0 spiro atoms. The van der Waals surface area contributed by atoms with Crippen LogP contribution in [0.1, 0.15) is 11.1 Å². The fourth-order valence-electron chi connectivity index (χ4n) is 3.02. The minimum absolute atomic E-state index is 0.0772. The molecule has 0 aliphatic rings.